The van der Waals surface area contributed by atoms with E-state index in [1.165, 1.54) is 13.5 Å². The Balaban J connectivity index is 2.06. The van der Waals surface area contributed by atoms with Crippen molar-refractivity contribution in [3.05, 3.63) is 22.1 Å². The van der Waals surface area contributed by atoms with Gasteiger partial charge in [0.05, 0.1) is 7.05 Å². The molecule has 1 aromatic rings. The van der Waals surface area contributed by atoms with Gasteiger partial charge in [-0.3, -0.25) is 0 Å². The molecule has 0 spiro atoms. The maximum atomic E-state index is 11.8. The molecular weight excluding hydrogens is 238 g/mol. The van der Waals surface area contributed by atoms with Gasteiger partial charge in [0.25, 0.3) is 0 Å². The van der Waals surface area contributed by atoms with E-state index >= 15 is 0 Å². The third-order valence-electron chi connectivity index (χ3n) is 3.16. The molecular formula is C11H15N3O4. The molecule has 1 aliphatic carbocycles. The summed E-state index contributed by atoms with van der Waals surface area (Å²) in [5.41, 5.74) is 0. The molecule has 18 heavy (non-hydrogen) atoms. The second-order valence-electron chi connectivity index (χ2n) is 4.42. The molecule has 7 nitrogen and oxygen atoms in total. The fraction of sp³-hybridized carbons (Fsp3) is 0.636. The number of hydrogen-bond donors (Lipinski definition) is 0. The molecule has 0 unspecified atom stereocenters. The first kappa shape index (κ1) is 12.5. The first-order valence-corrected chi connectivity index (χ1v) is 5.96. The quantitative estimate of drug-likeness (QED) is 0.465. The highest BCUT2D eigenvalue weighted by Crippen LogP contribution is 2.21. The number of rotatable bonds is 3. The van der Waals surface area contributed by atoms with E-state index in [0.29, 0.717) is 0 Å². The van der Waals surface area contributed by atoms with Gasteiger partial charge in [0.15, 0.2) is 0 Å². The van der Waals surface area contributed by atoms with Crippen molar-refractivity contribution in [2.45, 2.75) is 38.2 Å². The zero-order chi connectivity index (χ0) is 13.1. The van der Waals surface area contributed by atoms with E-state index in [1.54, 1.807) is 0 Å². The number of nitro groups is 1. The summed E-state index contributed by atoms with van der Waals surface area (Å²) in [6.45, 7) is 0. The van der Waals surface area contributed by atoms with Gasteiger partial charge in [-0.05, 0) is 30.6 Å². The van der Waals surface area contributed by atoms with Crippen LogP contribution in [0.4, 0.5) is 5.82 Å². The van der Waals surface area contributed by atoms with Gasteiger partial charge in [0, 0.05) is 0 Å². The van der Waals surface area contributed by atoms with E-state index in [-0.39, 0.29) is 17.7 Å². The highest BCUT2D eigenvalue weighted by atomic mass is 16.6. The minimum atomic E-state index is -0.586. The predicted octanol–water partition coefficient (Wildman–Crippen LogP) is 1.82. The molecule has 2 rings (SSSR count). The minimum absolute atomic E-state index is 0.0210. The number of aromatic nitrogens is 2. The normalized spacial score (nSPS) is 16.5. The van der Waals surface area contributed by atoms with Crippen molar-refractivity contribution in [3.8, 4) is 0 Å². The number of carbonyl (C=O) groups excluding carboxylic acids is 1. The van der Waals surface area contributed by atoms with Crippen LogP contribution in [0.15, 0.2) is 6.20 Å². The topological polar surface area (TPSA) is 87.3 Å². The summed E-state index contributed by atoms with van der Waals surface area (Å²) in [6.07, 6.45) is 5.98. The highest BCUT2D eigenvalue weighted by molar-refractivity contribution is 5.86. The lowest BCUT2D eigenvalue weighted by Gasteiger charge is -2.20. The second kappa shape index (κ2) is 5.16. The number of imidazole rings is 1. The average Bonchev–Trinajstić information content (AvgIpc) is 2.72. The maximum absolute atomic E-state index is 11.8. The van der Waals surface area contributed by atoms with Gasteiger partial charge < -0.3 is 14.9 Å². The minimum Gasteiger partial charge on any atom is -0.455 e. The summed E-state index contributed by atoms with van der Waals surface area (Å²) in [5, 5.41) is 10.6. The van der Waals surface area contributed by atoms with Gasteiger partial charge in [-0.2, -0.15) is 0 Å². The summed E-state index contributed by atoms with van der Waals surface area (Å²) in [6, 6.07) is 0. The van der Waals surface area contributed by atoms with E-state index < -0.39 is 10.9 Å². The standard InChI is InChI=1S/C11H15N3O4/c1-13-9(14(16)17)7-12-10(13)11(15)18-8-5-3-2-4-6-8/h7-8H,2-6H2,1H3. The number of ether oxygens (including phenoxy) is 1. The van der Waals surface area contributed by atoms with E-state index in [2.05, 4.69) is 4.98 Å². The highest BCUT2D eigenvalue weighted by Gasteiger charge is 2.27. The summed E-state index contributed by atoms with van der Waals surface area (Å²) >= 11 is 0. The Morgan fingerprint density at radius 1 is 1.50 bits per heavy atom. The Kier molecular flexibility index (Phi) is 3.59. The van der Waals surface area contributed by atoms with E-state index in [9.17, 15) is 14.9 Å². The number of esters is 1. The Morgan fingerprint density at radius 2 is 2.17 bits per heavy atom. The molecule has 0 N–H and O–H groups in total. The molecule has 0 atom stereocenters. The SMILES string of the molecule is Cn1c([N+](=O)[O-])cnc1C(=O)OC1CCCCC1. The number of nitrogens with zero attached hydrogens (tertiary/aromatic N) is 3. The van der Waals surface area contributed by atoms with Crippen LogP contribution in [0.2, 0.25) is 0 Å². The van der Waals surface area contributed by atoms with Gasteiger partial charge in [0.2, 0.25) is 0 Å². The molecule has 98 valence electrons. The molecule has 0 bridgehead atoms. The molecule has 0 radical (unpaired) electrons. The summed E-state index contributed by atoms with van der Waals surface area (Å²) in [5.74, 6) is -0.824. The average molecular weight is 253 g/mol. The fourth-order valence-electron chi connectivity index (χ4n) is 2.15. The molecule has 1 saturated carbocycles. The van der Waals surface area contributed by atoms with Gasteiger partial charge in [-0.15, -0.1) is 0 Å². The number of hydrogen-bond acceptors (Lipinski definition) is 5. The van der Waals surface area contributed by atoms with E-state index in [1.807, 2.05) is 0 Å². The first-order valence-electron chi connectivity index (χ1n) is 5.96. The molecule has 7 heteroatoms. The lowest BCUT2D eigenvalue weighted by molar-refractivity contribution is -0.391. The third-order valence-corrected chi connectivity index (χ3v) is 3.16. The van der Waals surface area contributed by atoms with Gasteiger partial charge >= 0.3 is 17.6 Å². The first-order chi connectivity index (χ1) is 8.59. The van der Waals surface area contributed by atoms with Crippen molar-refractivity contribution in [1.29, 1.82) is 0 Å². The van der Waals surface area contributed by atoms with Gasteiger partial charge in [-0.25, -0.2) is 14.3 Å². The zero-order valence-electron chi connectivity index (χ0n) is 10.2. The zero-order valence-corrected chi connectivity index (χ0v) is 10.2. The van der Waals surface area contributed by atoms with Gasteiger partial charge in [0.1, 0.15) is 12.3 Å². The van der Waals surface area contributed by atoms with E-state index in [4.69, 9.17) is 4.74 Å². The molecule has 0 aliphatic heterocycles. The van der Waals surface area contributed by atoms with Crippen molar-refractivity contribution in [1.82, 2.24) is 9.55 Å². The van der Waals surface area contributed by atoms with Crippen LogP contribution in [0.5, 0.6) is 0 Å². The lowest BCUT2D eigenvalue weighted by atomic mass is 9.98. The van der Waals surface area contributed by atoms with Crippen molar-refractivity contribution < 1.29 is 14.5 Å². The van der Waals surface area contributed by atoms with Crippen LogP contribution in [0.3, 0.4) is 0 Å². The molecule has 0 saturated heterocycles. The van der Waals surface area contributed by atoms with Crippen LogP contribution < -0.4 is 0 Å². The molecule has 1 aliphatic rings. The lowest BCUT2D eigenvalue weighted by Crippen LogP contribution is -2.23. The van der Waals surface area contributed by atoms with E-state index in [0.717, 1.165) is 36.4 Å². The van der Waals surface area contributed by atoms with Crippen molar-refractivity contribution >= 4 is 11.8 Å². The predicted molar refractivity (Wildman–Crippen MR) is 62.2 cm³/mol. The smallest absolute Gasteiger partial charge is 0.399 e. The Hall–Kier alpha value is -1.92. The van der Waals surface area contributed by atoms with Crippen LogP contribution >= 0.6 is 0 Å². The largest absolute Gasteiger partial charge is 0.455 e. The molecule has 0 amide bonds. The number of carbonyl (C=O) groups is 1. The van der Waals surface area contributed by atoms with Crippen LogP contribution in [-0.4, -0.2) is 26.5 Å². The van der Waals surface area contributed by atoms with Gasteiger partial charge in [-0.1, -0.05) is 6.42 Å². The summed E-state index contributed by atoms with van der Waals surface area (Å²) < 4.78 is 6.45. The van der Waals surface area contributed by atoms with Crippen molar-refractivity contribution in [2.75, 3.05) is 0 Å². The Bertz CT molecular complexity index is 463. The third kappa shape index (κ3) is 2.49. The van der Waals surface area contributed by atoms with Crippen LogP contribution in [0, 0.1) is 10.1 Å². The Morgan fingerprint density at radius 3 is 2.72 bits per heavy atom. The molecule has 1 fully saturated rings. The van der Waals surface area contributed by atoms with Crippen molar-refractivity contribution in [3.63, 3.8) is 0 Å². The monoisotopic (exact) mass is 253 g/mol. The fourth-order valence-corrected chi connectivity index (χ4v) is 2.15. The molecule has 1 heterocycles. The van der Waals surface area contributed by atoms with Crippen LogP contribution in [-0.2, 0) is 11.8 Å². The molecule has 0 aromatic carbocycles. The van der Waals surface area contributed by atoms with Crippen LogP contribution in [0.1, 0.15) is 42.7 Å². The molecule has 1 aromatic heterocycles. The Labute approximate surface area is 104 Å². The van der Waals surface area contributed by atoms with Crippen LogP contribution in [0.25, 0.3) is 0 Å². The van der Waals surface area contributed by atoms with Crippen molar-refractivity contribution in [2.24, 2.45) is 7.05 Å². The summed E-state index contributed by atoms with van der Waals surface area (Å²) in [4.78, 5) is 25.7. The second-order valence-corrected chi connectivity index (χ2v) is 4.42. The maximum Gasteiger partial charge on any atom is 0.399 e. The summed E-state index contributed by atoms with van der Waals surface area (Å²) in [7, 11) is 1.43.